The van der Waals surface area contributed by atoms with Gasteiger partial charge in [-0.05, 0) is 12.1 Å². The molecule has 0 bridgehead atoms. The summed E-state index contributed by atoms with van der Waals surface area (Å²) >= 11 is 0. The second-order valence-corrected chi connectivity index (χ2v) is 9.53. The average Bonchev–Trinajstić information content (AvgIpc) is 2.87. The summed E-state index contributed by atoms with van der Waals surface area (Å²) in [5, 5.41) is 21.1. The quantitative estimate of drug-likeness (QED) is 0.285. The Balaban J connectivity index is 1.67. The van der Waals surface area contributed by atoms with Gasteiger partial charge in [0.2, 0.25) is 0 Å². The fourth-order valence-electron chi connectivity index (χ4n) is 4.70. The lowest BCUT2D eigenvalue weighted by Crippen LogP contribution is -2.41. The van der Waals surface area contributed by atoms with Gasteiger partial charge in [-0.1, -0.05) is 0 Å². The summed E-state index contributed by atoms with van der Waals surface area (Å²) in [4.78, 5) is 4.99. The molecule has 2 fully saturated rings. The van der Waals surface area contributed by atoms with Crippen molar-refractivity contribution in [1.82, 2.24) is 41.7 Å². The highest BCUT2D eigenvalue weighted by molar-refractivity contribution is 5.46. The van der Waals surface area contributed by atoms with Gasteiger partial charge in [-0.3, -0.25) is 9.80 Å². The molecule has 36 heavy (non-hydrogen) atoms. The first kappa shape index (κ1) is 29.1. The molecule has 2 heterocycles. The van der Waals surface area contributed by atoms with E-state index >= 15 is 0 Å². The summed E-state index contributed by atoms with van der Waals surface area (Å²) < 4.78 is 11.8. The number of benzene rings is 1. The number of nitrogens with one attached hydrogen (secondary N) is 6. The molecule has 3 rings (SSSR count). The van der Waals surface area contributed by atoms with Crippen molar-refractivity contribution in [1.29, 1.82) is 0 Å². The van der Waals surface area contributed by atoms with Gasteiger partial charge < -0.3 is 41.4 Å². The highest BCUT2D eigenvalue weighted by Gasteiger charge is 2.17. The molecule has 0 aliphatic carbocycles. The van der Waals surface area contributed by atoms with Crippen molar-refractivity contribution in [3.63, 3.8) is 0 Å². The monoisotopic (exact) mass is 506 g/mol. The first-order chi connectivity index (χ1) is 17.8. The molecule has 0 unspecified atom stereocenters. The lowest BCUT2D eigenvalue weighted by molar-refractivity contribution is 0.253. The van der Waals surface area contributed by atoms with Gasteiger partial charge in [0, 0.05) is 129 Å². The predicted octanol–water partition coefficient (Wildman–Crippen LogP) is -1.13. The van der Waals surface area contributed by atoms with Gasteiger partial charge in [0.25, 0.3) is 0 Å². The molecule has 206 valence electrons. The molecule has 0 atom stereocenters. The van der Waals surface area contributed by atoms with Gasteiger partial charge in [-0.15, -0.1) is 0 Å². The average molecular weight is 507 g/mol. The van der Waals surface area contributed by atoms with E-state index in [1.807, 2.05) is 0 Å². The van der Waals surface area contributed by atoms with Crippen molar-refractivity contribution in [2.24, 2.45) is 0 Å². The minimum atomic E-state index is 0.840. The van der Waals surface area contributed by atoms with E-state index in [4.69, 9.17) is 9.47 Å². The van der Waals surface area contributed by atoms with E-state index in [1.54, 1.807) is 14.2 Å². The Labute approximate surface area is 218 Å². The molecule has 1 aromatic rings. The third-order valence-electron chi connectivity index (χ3n) is 6.80. The van der Waals surface area contributed by atoms with E-state index in [0.717, 1.165) is 129 Å². The Kier molecular flexibility index (Phi) is 14.4. The molecular weight excluding hydrogens is 456 g/mol. The van der Waals surface area contributed by atoms with Crippen molar-refractivity contribution in [3.05, 3.63) is 23.3 Å². The summed E-state index contributed by atoms with van der Waals surface area (Å²) in [7, 11) is 3.55. The molecule has 10 nitrogen and oxygen atoms in total. The zero-order valence-corrected chi connectivity index (χ0v) is 22.6. The number of nitrogens with zero attached hydrogens (tertiary/aromatic N) is 2. The molecule has 10 heteroatoms. The third kappa shape index (κ3) is 10.9. The van der Waals surface area contributed by atoms with Crippen molar-refractivity contribution in [2.75, 3.05) is 119 Å². The van der Waals surface area contributed by atoms with Crippen molar-refractivity contribution in [2.45, 2.75) is 13.1 Å². The lowest BCUT2D eigenvalue weighted by atomic mass is 10.1. The Bertz CT molecular complexity index is 640. The van der Waals surface area contributed by atoms with E-state index in [-0.39, 0.29) is 0 Å². The second-order valence-electron chi connectivity index (χ2n) is 9.53. The van der Waals surface area contributed by atoms with Crippen LogP contribution in [-0.4, -0.2) is 129 Å². The number of hydrogen-bond acceptors (Lipinski definition) is 10. The van der Waals surface area contributed by atoms with Gasteiger partial charge in [0.05, 0.1) is 14.2 Å². The number of rotatable bonds is 6. The summed E-state index contributed by atoms with van der Waals surface area (Å²) in [5.41, 5.74) is 2.35. The van der Waals surface area contributed by atoms with Crippen LogP contribution < -0.4 is 41.4 Å². The van der Waals surface area contributed by atoms with Crippen molar-refractivity contribution >= 4 is 0 Å². The Morgan fingerprint density at radius 3 is 1.06 bits per heavy atom. The topological polar surface area (TPSA) is 97.1 Å². The van der Waals surface area contributed by atoms with Gasteiger partial charge in [-0.2, -0.15) is 0 Å². The SMILES string of the molecule is COc1cc(CN2CCNCCNCCNCC2)c(OC)cc1CN1CCNCCNCCNCC1. The first-order valence-corrected chi connectivity index (χ1v) is 13.7. The van der Waals surface area contributed by atoms with Gasteiger partial charge in [0.1, 0.15) is 11.5 Å². The van der Waals surface area contributed by atoms with Crippen LogP contribution in [0.3, 0.4) is 0 Å². The van der Waals surface area contributed by atoms with Gasteiger partial charge >= 0.3 is 0 Å². The maximum absolute atomic E-state index is 5.89. The fourth-order valence-corrected chi connectivity index (χ4v) is 4.70. The molecule has 6 N–H and O–H groups in total. The minimum Gasteiger partial charge on any atom is -0.496 e. The van der Waals surface area contributed by atoms with Crippen LogP contribution in [0.15, 0.2) is 12.1 Å². The van der Waals surface area contributed by atoms with E-state index in [1.165, 1.54) is 11.1 Å². The van der Waals surface area contributed by atoms with E-state index in [9.17, 15) is 0 Å². The maximum Gasteiger partial charge on any atom is 0.123 e. The Hall–Kier alpha value is -1.50. The molecular formula is C26H50N8O2. The minimum absolute atomic E-state index is 0.840. The van der Waals surface area contributed by atoms with E-state index in [0.29, 0.717) is 0 Å². The van der Waals surface area contributed by atoms with E-state index in [2.05, 4.69) is 53.8 Å². The molecule has 0 radical (unpaired) electrons. The third-order valence-corrected chi connectivity index (χ3v) is 6.80. The molecule has 0 spiro atoms. The lowest BCUT2D eigenvalue weighted by Gasteiger charge is -2.27. The highest BCUT2D eigenvalue weighted by Crippen LogP contribution is 2.31. The summed E-state index contributed by atoms with van der Waals surface area (Å²) in [6.45, 7) is 17.6. The molecule has 2 saturated heterocycles. The second kappa shape index (κ2) is 17.9. The zero-order valence-electron chi connectivity index (χ0n) is 22.6. The van der Waals surface area contributed by atoms with Crippen LogP contribution >= 0.6 is 0 Å². The predicted molar refractivity (Wildman–Crippen MR) is 147 cm³/mol. The van der Waals surface area contributed by atoms with Crippen molar-refractivity contribution in [3.8, 4) is 11.5 Å². The van der Waals surface area contributed by atoms with Crippen LogP contribution in [-0.2, 0) is 13.1 Å². The van der Waals surface area contributed by atoms with Crippen LogP contribution in [0.5, 0.6) is 11.5 Å². The summed E-state index contributed by atoms with van der Waals surface area (Å²) in [5.74, 6) is 1.89. The number of hydrogen-bond donors (Lipinski definition) is 6. The first-order valence-electron chi connectivity index (χ1n) is 13.7. The van der Waals surface area contributed by atoms with Crippen LogP contribution in [0, 0.1) is 0 Å². The fraction of sp³-hybridized carbons (Fsp3) is 0.769. The summed E-state index contributed by atoms with van der Waals surface area (Å²) in [6.07, 6.45) is 0. The molecule has 1 aromatic carbocycles. The Morgan fingerprint density at radius 2 is 0.778 bits per heavy atom. The Morgan fingerprint density at radius 1 is 0.500 bits per heavy atom. The van der Waals surface area contributed by atoms with Crippen molar-refractivity contribution < 1.29 is 9.47 Å². The van der Waals surface area contributed by atoms with Crippen LogP contribution in [0.4, 0.5) is 0 Å². The normalized spacial score (nSPS) is 21.4. The highest BCUT2D eigenvalue weighted by atomic mass is 16.5. The van der Waals surface area contributed by atoms with Crippen LogP contribution in [0.2, 0.25) is 0 Å². The smallest absolute Gasteiger partial charge is 0.123 e. The summed E-state index contributed by atoms with van der Waals surface area (Å²) in [6, 6.07) is 4.38. The van der Waals surface area contributed by atoms with Gasteiger partial charge in [-0.25, -0.2) is 0 Å². The van der Waals surface area contributed by atoms with Crippen LogP contribution in [0.1, 0.15) is 11.1 Å². The van der Waals surface area contributed by atoms with Gasteiger partial charge in [0.15, 0.2) is 0 Å². The molecule has 0 saturated carbocycles. The zero-order chi connectivity index (χ0) is 25.3. The number of ether oxygens (including phenoxy) is 2. The standard InChI is InChI=1S/C26H50N8O2/c1-35-25-19-24(22-34-17-13-31-9-5-28-6-10-32-14-18-34)26(36-2)20-23(25)21-33-15-11-29-7-3-27-4-8-30-12-16-33/h19-20,27-32H,3-18,21-22H2,1-2H3. The van der Waals surface area contributed by atoms with Crippen LogP contribution in [0.25, 0.3) is 0 Å². The molecule has 2 aliphatic rings. The molecule has 0 aromatic heterocycles. The van der Waals surface area contributed by atoms with E-state index < -0.39 is 0 Å². The molecule has 0 amide bonds. The number of methoxy groups -OCH3 is 2. The maximum atomic E-state index is 5.89. The largest absolute Gasteiger partial charge is 0.496 e. The molecule has 2 aliphatic heterocycles.